The third kappa shape index (κ3) is 2.28. The van der Waals surface area contributed by atoms with E-state index in [-0.39, 0.29) is 0 Å². The molecule has 0 aliphatic carbocycles. The maximum atomic E-state index is 10.1. The van der Waals surface area contributed by atoms with E-state index < -0.39 is 6.10 Å². The van der Waals surface area contributed by atoms with Crippen molar-refractivity contribution in [1.82, 2.24) is 14.5 Å². The van der Waals surface area contributed by atoms with Crippen molar-refractivity contribution in [3.8, 4) is 0 Å². The van der Waals surface area contributed by atoms with Crippen LogP contribution >= 0.6 is 0 Å². The van der Waals surface area contributed by atoms with Crippen LogP contribution in [0.4, 0.5) is 0 Å². The smallest absolute Gasteiger partial charge is 0.101 e. The maximum Gasteiger partial charge on any atom is 0.101 e. The van der Waals surface area contributed by atoms with Gasteiger partial charge in [0.05, 0.1) is 18.2 Å². The first kappa shape index (κ1) is 10.8. The molecule has 0 aromatic carbocycles. The minimum absolute atomic E-state index is 0.520. The van der Waals surface area contributed by atoms with Gasteiger partial charge in [-0.2, -0.15) is 0 Å². The average Bonchev–Trinajstić information content (AvgIpc) is 2.78. The number of aliphatic hydroxyl groups is 1. The van der Waals surface area contributed by atoms with E-state index in [1.807, 2.05) is 29.7 Å². The van der Waals surface area contributed by atoms with Gasteiger partial charge in [-0.1, -0.05) is 6.07 Å². The summed E-state index contributed by atoms with van der Waals surface area (Å²) in [4.78, 5) is 8.23. The monoisotopic (exact) mass is 217 g/mol. The first-order chi connectivity index (χ1) is 7.81. The summed E-state index contributed by atoms with van der Waals surface area (Å²) in [5.41, 5.74) is 1.73. The number of aryl methyl sites for hydroxylation is 1. The minimum Gasteiger partial charge on any atom is -0.386 e. The maximum absolute atomic E-state index is 10.1. The highest BCUT2D eigenvalue weighted by atomic mass is 16.3. The van der Waals surface area contributed by atoms with Gasteiger partial charge in [0.15, 0.2) is 0 Å². The Kier molecular flexibility index (Phi) is 3.31. The SMILES string of the molecule is CCn1cncc1C(O)Cc1ccccn1. The Morgan fingerprint density at radius 1 is 1.44 bits per heavy atom. The van der Waals surface area contributed by atoms with Crippen molar-refractivity contribution in [1.29, 1.82) is 0 Å². The van der Waals surface area contributed by atoms with Gasteiger partial charge >= 0.3 is 0 Å². The van der Waals surface area contributed by atoms with Crippen LogP contribution in [-0.4, -0.2) is 19.6 Å². The van der Waals surface area contributed by atoms with Crippen molar-refractivity contribution in [3.05, 3.63) is 48.3 Å². The molecule has 0 saturated heterocycles. The van der Waals surface area contributed by atoms with Gasteiger partial charge in [0.2, 0.25) is 0 Å². The Morgan fingerprint density at radius 3 is 3.00 bits per heavy atom. The number of imidazole rings is 1. The second-order valence-electron chi connectivity index (χ2n) is 3.65. The van der Waals surface area contributed by atoms with E-state index >= 15 is 0 Å². The fraction of sp³-hybridized carbons (Fsp3) is 0.333. The van der Waals surface area contributed by atoms with Crippen molar-refractivity contribution >= 4 is 0 Å². The van der Waals surface area contributed by atoms with E-state index in [9.17, 15) is 5.11 Å². The van der Waals surface area contributed by atoms with Crippen LogP contribution in [0.5, 0.6) is 0 Å². The third-order valence-corrected chi connectivity index (χ3v) is 2.56. The molecule has 16 heavy (non-hydrogen) atoms. The molecule has 0 amide bonds. The Bertz CT molecular complexity index is 439. The van der Waals surface area contributed by atoms with Gasteiger partial charge in [-0.25, -0.2) is 4.98 Å². The summed E-state index contributed by atoms with van der Waals surface area (Å²) in [6.45, 7) is 2.84. The quantitative estimate of drug-likeness (QED) is 0.845. The Hall–Kier alpha value is -1.68. The summed E-state index contributed by atoms with van der Waals surface area (Å²) < 4.78 is 1.94. The summed E-state index contributed by atoms with van der Waals surface area (Å²) in [7, 11) is 0. The molecule has 0 aliphatic rings. The molecular weight excluding hydrogens is 202 g/mol. The van der Waals surface area contributed by atoms with E-state index in [0.717, 1.165) is 17.9 Å². The van der Waals surface area contributed by atoms with Gasteiger partial charge in [0.1, 0.15) is 6.10 Å². The van der Waals surface area contributed by atoms with Gasteiger partial charge in [0, 0.05) is 24.9 Å². The number of nitrogens with zero attached hydrogens (tertiary/aromatic N) is 3. The second-order valence-corrected chi connectivity index (χ2v) is 3.65. The van der Waals surface area contributed by atoms with Crippen molar-refractivity contribution in [2.24, 2.45) is 0 Å². The fourth-order valence-electron chi connectivity index (χ4n) is 1.69. The lowest BCUT2D eigenvalue weighted by Crippen LogP contribution is -2.09. The molecule has 2 aromatic rings. The first-order valence-electron chi connectivity index (χ1n) is 5.39. The normalized spacial score (nSPS) is 12.6. The first-order valence-corrected chi connectivity index (χ1v) is 5.39. The van der Waals surface area contributed by atoms with Crippen molar-refractivity contribution in [3.63, 3.8) is 0 Å². The van der Waals surface area contributed by atoms with E-state index in [1.54, 1.807) is 18.7 Å². The molecule has 1 unspecified atom stereocenters. The molecule has 0 bridgehead atoms. The van der Waals surface area contributed by atoms with Crippen LogP contribution in [0.2, 0.25) is 0 Å². The Labute approximate surface area is 94.6 Å². The molecule has 2 heterocycles. The molecule has 4 heteroatoms. The zero-order chi connectivity index (χ0) is 11.4. The Morgan fingerprint density at radius 2 is 2.31 bits per heavy atom. The second kappa shape index (κ2) is 4.90. The molecule has 0 aliphatic heterocycles. The van der Waals surface area contributed by atoms with E-state index in [1.165, 1.54) is 0 Å². The molecule has 0 saturated carbocycles. The van der Waals surface area contributed by atoms with Crippen molar-refractivity contribution < 1.29 is 5.11 Å². The summed E-state index contributed by atoms with van der Waals surface area (Å²) in [5.74, 6) is 0. The Balaban J connectivity index is 2.11. The topological polar surface area (TPSA) is 50.9 Å². The lowest BCUT2D eigenvalue weighted by molar-refractivity contribution is 0.167. The summed E-state index contributed by atoms with van der Waals surface area (Å²) >= 11 is 0. The van der Waals surface area contributed by atoms with Crippen LogP contribution in [0.3, 0.4) is 0 Å². The van der Waals surface area contributed by atoms with Crippen LogP contribution in [0, 0.1) is 0 Å². The highest BCUT2D eigenvalue weighted by molar-refractivity contribution is 5.10. The molecular formula is C12H15N3O. The number of aromatic nitrogens is 3. The lowest BCUT2D eigenvalue weighted by Gasteiger charge is -2.11. The molecule has 0 radical (unpaired) electrons. The number of pyridine rings is 1. The van der Waals surface area contributed by atoms with Crippen LogP contribution in [0.1, 0.15) is 24.4 Å². The zero-order valence-electron chi connectivity index (χ0n) is 9.24. The fourth-order valence-corrected chi connectivity index (χ4v) is 1.69. The lowest BCUT2D eigenvalue weighted by atomic mass is 10.1. The van der Waals surface area contributed by atoms with Crippen LogP contribution < -0.4 is 0 Å². The molecule has 2 aromatic heterocycles. The summed E-state index contributed by atoms with van der Waals surface area (Å²) in [6, 6.07) is 5.70. The molecule has 84 valence electrons. The van der Waals surface area contributed by atoms with E-state index in [0.29, 0.717) is 6.42 Å². The summed E-state index contributed by atoms with van der Waals surface area (Å²) in [5, 5.41) is 10.1. The average molecular weight is 217 g/mol. The van der Waals surface area contributed by atoms with E-state index in [2.05, 4.69) is 9.97 Å². The standard InChI is InChI=1S/C12H15N3O/c1-2-15-9-13-8-11(15)12(16)7-10-5-3-4-6-14-10/h3-6,8-9,12,16H,2,7H2,1H3. The number of rotatable bonds is 4. The van der Waals surface area contributed by atoms with Crippen molar-refractivity contribution in [2.45, 2.75) is 26.0 Å². The molecule has 0 fully saturated rings. The number of hydrogen-bond acceptors (Lipinski definition) is 3. The third-order valence-electron chi connectivity index (χ3n) is 2.56. The van der Waals surface area contributed by atoms with Gasteiger partial charge in [0.25, 0.3) is 0 Å². The van der Waals surface area contributed by atoms with Gasteiger partial charge in [-0.3, -0.25) is 4.98 Å². The van der Waals surface area contributed by atoms with Crippen LogP contribution in [0.15, 0.2) is 36.9 Å². The predicted molar refractivity (Wildman–Crippen MR) is 60.8 cm³/mol. The molecule has 0 spiro atoms. The largest absolute Gasteiger partial charge is 0.386 e. The van der Waals surface area contributed by atoms with Gasteiger partial charge in [-0.05, 0) is 19.1 Å². The molecule has 2 rings (SSSR count). The number of hydrogen-bond donors (Lipinski definition) is 1. The van der Waals surface area contributed by atoms with E-state index in [4.69, 9.17) is 0 Å². The highest BCUT2D eigenvalue weighted by Crippen LogP contribution is 2.16. The molecule has 4 nitrogen and oxygen atoms in total. The zero-order valence-corrected chi connectivity index (χ0v) is 9.24. The number of aliphatic hydroxyl groups excluding tert-OH is 1. The van der Waals surface area contributed by atoms with Crippen molar-refractivity contribution in [2.75, 3.05) is 0 Å². The molecule has 1 N–H and O–H groups in total. The van der Waals surface area contributed by atoms with Crippen LogP contribution in [0.25, 0.3) is 0 Å². The summed E-state index contributed by atoms with van der Waals surface area (Å²) in [6.07, 6.45) is 5.15. The predicted octanol–water partition coefficient (Wildman–Crippen LogP) is 1.57. The highest BCUT2D eigenvalue weighted by Gasteiger charge is 2.13. The van der Waals surface area contributed by atoms with Gasteiger partial charge < -0.3 is 9.67 Å². The minimum atomic E-state index is -0.544. The van der Waals surface area contributed by atoms with Gasteiger partial charge in [-0.15, -0.1) is 0 Å². The molecule has 1 atom stereocenters. The van der Waals surface area contributed by atoms with Crippen LogP contribution in [-0.2, 0) is 13.0 Å².